The van der Waals surface area contributed by atoms with Crippen molar-refractivity contribution in [3.63, 3.8) is 0 Å². The normalized spacial score (nSPS) is 14.0. The van der Waals surface area contributed by atoms with Gasteiger partial charge in [0.15, 0.2) is 0 Å². The molecule has 16 heteroatoms. The Bertz CT molecular complexity index is 1170. The Balaban J connectivity index is 3.09. The van der Waals surface area contributed by atoms with Gasteiger partial charge in [-0.25, -0.2) is 4.79 Å². The summed E-state index contributed by atoms with van der Waals surface area (Å²) in [4.78, 5) is 86.9. The van der Waals surface area contributed by atoms with Crippen LogP contribution in [0.25, 0.3) is 0 Å². The van der Waals surface area contributed by atoms with E-state index in [4.69, 9.17) is 11.5 Å². The topological polar surface area (TPSA) is 272 Å². The Kier molecular flexibility index (Phi) is 17.4. The van der Waals surface area contributed by atoms with Crippen LogP contribution in [0.2, 0.25) is 0 Å². The molecule has 1 aromatic rings. The van der Waals surface area contributed by atoms with E-state index in [1.54, 1.807) is 37.3 Å². The molecule has 0 bridgehead atoms. The van der Waals surface area contributed by atoms with Gasteiger partial charge in [0.1, 0.15) is 24.2 Å². The molecule has 0 spiro atoms. The van der Waals surface area contributed by atoms with Crippen molar-refractivity contribution in [3.8, 4) is 0 Å². The molecule has 1 rings (SSSR count). The lowest BCUT2D eigenvalue weighted by Gasteiger charge is -2.27. The van der Waals surface area contributed by atoms with Crippen molar-refractivity contribution in [2.75, 3.05) is 19.6 Å². The van der Waals surface area contributed by atoms with Crippen molar-refractivity contribution < 1.29 is 43.8 Å². The van der Waals surface area contributed by atoms with Crippen molar-refractivity contribution >= 4 is 41.5 Å². The lowest BCUT2D eigenvalue weighted by atomic mass is 9.97. The lowest BCUT2D eigenvalue weighted by molar-refractivity contribution is -0.142. The van der Waals surface area contributed by atoms with Crippen LogP contribution in [0, 0.1) is 5.92 Å². The van der Waals surface area contributed by atoms with Crippen molar-refractivity contribution in [1.29, 1.82) is 0 Å². The molecule has 0 saturated heterocycles. The highest BCUT2D eigenvalue weighted by Crippen LogP contribution is 2.10. The zero-order valence-electron chi connectivity index (χ0n) is 25.5. The number of nitrogens with one attached hydrogen (secondary N) is 5. The van der Waals surface area contributed by atoms with Crippen molar-refractivity contribution in [1.82, 2.24) is 26.6 Å². The predicted octanol–water partition coefficient (Wildman–Crippen LogP) is -2.02. The van der Waals surface area contributed by atoms with Gasteiger partial charge < -0.3 is 48.3 Å². The lowest BCUT2D eigenvalue weighted by Crippen LogP contribution is -2.59. The maximum Gasteiger partial charge on any atom is 0.326 e. The number of rotatable bonds is 21. The highest BCUT2D eigenvalue weighted by Gasteiger charge is 2.32. The number of aliphatic carboxylic acids is 2. The van der Waals surface area contributed by atoms with E-state index in [2.05, 4.69) is 26.6 Å². The van der Waals surface area contributed by atoms with Gasteiger partial charge in [-0.2, -0.15) is 0 Å². The summed E-state index contributed by atoms with van der Waals surface area (Å²) in [6, 6.07) is 3.40. The largest absolute Gasteiger partial charge is 0.481 e. The molecule has 45 heavy (non-hydrogen) atoms. The highest BCUT2D eigenvalue weighted by atomic mass is 16.4. The summed E-state index contributed by atoms with van der Waals surface area (Å²) in [6.45, 7) is 2.85. The van der Waals surface area contributed by atoms with Crippen LogP contribution in [0.15, 0.2) is 30.3 Å². The van der Waals surface area contributed by atoms with Crippen LogP contribution < -0.4 is 38.1 Å². The first-order chi connectivity index (χ1) is 21.3. The SMILES string of the molecule is CC[C@H](C)[C@H](NC(=O)CN)C(=O)N[C@@H](Cc1ccccc1)C(=O)N[C@@H](CC(=O)O)C(=O)NCC(=O)N[C@@H](CCCCN)C(=O)O. The van der Waals surface area contributed by atoms with Gasteiger partial charge in [-0.3, -0.25) is 28.8 Å². The number of hydrogen-bond donors (Lipinski definition) is 9. The van der Waals surface area contributed by atoms with Crippen LogP contribution in [0.5, 0.6) is 0 Å². The first kappa shape index (κ1) is 38.5. The number of hydrogen-bond acceptors (Lipinski definition) is 9. The summed E-state index contributed by atoms with van der Waals surface area (Å²) >= 11 is 0. The number of carboxylic acid groups (broad SMARTS) is 2. The third-order valence-electron chi connectivity index (χ3n) is 6.93. The summed E-state index contributed by atoms with van der Waals surface area (Å²) in [5.41, 5.74) is 11.4. The molecule has 250 valence electrons. The molecule has 0 heterocycles. The summed E-state index contributed by atoms with van der Waals surface area (Å²) < 4.78 is 0. The Morgan fingerprint density at radius 2 is 1.42 bits per heavy atom. The van der Waals surface area contributed by atoms with Gasteiger partial charge in [0.2, 0.25) is 29.5 Å². The van der Waals surface area contributed by atoms with Crippen molar-refractivity contribution in [3.05, 3.63) is 35.9 Å². The van der Waals surface area contributed by atoms with Gasteiger partial charge in [-0.15, -0.1) is 0 Å². The molecule has 0 aliphatic carbocycles. The standard InChI is InChI=1S/C29H45N7O9/c1-3-17(2)25(36-22(37)15-31)28(43)35-20(13-18-9-5-4-6-10-18)27(42)34-21(14-24(39)40)26(41)32-16-23(38)33-19(29(44)45)11-7-8-12-30/h4-6,9-10,17,19-21,25H,3,7-8,11-16,30-31H2,1-2H3,(H,32,41)(H,33,38)(H,34,42)(H,35,43)(H,36,37)(H,39,40)(H,44,45)/t17-,19-,20-,21-,25-/m0/s1. The monoisotopic (exact) mass is 635 g/mol. The number of carboxylic acids is 2. The molecule has 0 saturated carbocycles. The van der Waals surface area contributed by atoms with Crippen LogP contribution >= 0.6 is 0 Å². The van der Waals surface area contributed by atoms with E-state index in [-0.39, 0.29) is 25.3 Å². The number of unbranched alkanes of at least 4 members (excludes halogenated alkanes) is 1. The highest BCUT2D eigenvalue weighted by molar-refractivity contribution is 5.96. The molecule has 0 aromatic heterocycles. The molecular weight excluding hydrogens is 590 g/mol. The van der Waals surface area contributed by atoms with E-state index < -0.39 is 78.6 Å². The molecule has 16 nitrogen and oxygen atoms in total. The predicted molar refractivity (Wildman–Crippen MR) is 162 cm³/mol. The third kappa shape index (κ3) is 14.6. The molecule has 1 aromatic carbocycles. The maximum atomic E-state index is 13.4. The van der Waals surface area contributed by atoms with E-state index in [9.17, 15) is 43.8 Å². The molecule has 0 fully saturated rings. The second kappa shape index (κ2) is 20.4. The maximum absolute atomic E-state index is 13.4. The molecule has 0 unspecified atom stereocenters. The van der Waals surface area contributed by atoms with E-state index in [1.807, 2.05) is 6.92 Å². The fourth-order valence-corrected chi connectivity index (χ4v) is 4.20. The zero-order chi connectivity index (χ0) is 33.9. The minimum absolute atomic E-state index is 0.0407. The van der Waals surface area contributed by atoms with Crippen LogP contribution in [-0.4, -0.2) is 95.5 Å². The van der Waals surface area contributed by atoms with Gasteiger partial charge in [0, 0.05) is 6.42 Å². The van der Waals surface area contributed by atoms with Gasteiger partial charge >= 0.3 is 11.9 Å². The second-order valence-electron chi connectivity index (χ2n) is 10.5. The fraction of sp³-hybridized carbons (Fsp3) is 0.552. The molecule has 0 aliphatic heterocycles. The van der Waals surface area contributed by atoms with Gasteiger partial charge in [0.25, 0.3) is 0 Å². The number of carbonyl (C=O) groups excluding carboxylic acids is 5. The average molecular weight is 636 g/mol. The van der Waals surface area contributed by atoms with Crippen LogP contribution in [0.4, 0.5) is 0 Å². The van der Waals surface area contributed by atoms with E-state index in [0.29, 0.717) is 31.4 Å². The molecule has 5 atom stereocenters. The number of nitrogens with two attached hydrogens (primary N) is 2. The molecule has 11 N–H and O–H groups in total. The molecule has 0 radical (unpaired) electrons. The average Bonchev–Trinajstić information content (AvgIpc) is 3.00. The third-order valence-corrected chi connectivity index (χ3v) is 6.93. The molecule has 5 amide bonds. The van der Waals surface area contributed by atoms with Crippen LogP contribution in [-0.2, 0) is 40.0 Å². The minimum Gasteiger partial charge on any atom is -0.481 e. The summed E-state index contributed by atoms with van der Waals surface area (Å²) in [6.07, 6.45) is 0.732. The number of carbonyl (C=O) groups is 7. The quantitative estimate of drug-likeness (QED) is 0.0665. The van der Waals surface area contributed by atoms with E-state index in [1.165, 1.54) is 0 Å². The van der Waals surface area contributed by atoms with Crippen LogP contribution in [0.3, 0.4) is 0 Å². The molecular formula is C29H45N7O9. The Morgan fingerprint density at radius 1 is 0.778 bits per heavy atom. The molecule has 0 aliphatic rings. The minimum atomic E-state index is -1.65. The number of benzene rings is 1. The van der Waals surface area contributed by atoms with Crippen LogP contribution in [0.1, 0.15) is 51.5 Å². The smallest absolute Gasteiger partial charge is 0.326 e. The van der Waals surface area contributed by atoms with E-state index in [0.717, 1.165) is 0 Å². The van der Waals surface area contributed by atoms with Gasteiger partial charge in [-0.1, -0.05) is 50.6 Å². The summed E-state index contributed by atoms with van der Waals surface area (Å²) in [5, 5.41) is 30.7. The first-order valence-electron chi connectivity index (χ1n) is 14.7. The summed E-state index contributed by atoms with van der Waals surface area (Å²) in [5.74, 6) is -7.05. The Labute approximate surface area is 261 Å². The van der Waals surface area contributed by atoms with Gasteiger partial charge in [0.05, 0.1) is 19.5 Å². The Hall–Kier alpha value is -4.57. The number of amides is 5. The van der Waals surface area contributed by atoms with Crippen molar-refractivity contribution in [2.45, 2.75) is 76.5 Å². The Morgan fingerprint density at radius 3 is 1.98 bits per heavy atom. The van der Waals surface area contributed by atoms with E-state index >= 15 is 0 Å². The van der Waals surface area contributed by atoms with Crippen molar-refractivity contribution in [2.24, 2.45) is 17.4 Å². The second-order valence-corrected chi connectivity index (χ2v) is 10.5. The first-order valence-corrected chi connectivity index (χ1v) is 14.7. The summed E-state index contributed by atoms with van der Waals surface area (Å²) in [7, 11) is 0. The van der Waals surface area contributed by atoms with Gasteiger partial charge in [-0.05, 0) is 37.3 Å². The zero-order valence-corrected chi connectivity index (χ0v) is 25.5. The fourth-order valence-electron chi connectivity index (χ4n) is 4.20.